The van der Waals surface area contributed by atoms with Crippen LogP contribution in [0, 0.1) is 3.57 Å². The van der Waals surface area contributed by atoms with E-state index in [9.17, 15) is 0 Å². The molecule has 3 N–H and O–H groups in total. The smallest absolute Gasteiger partial charge is 0.0348 e. The number of halogens is 1. The zero-order valence-electron chi connectivity index (χ0n) is 5.47. The van der Waals surface area contributed by atoms with Crippen LogP contribution in [0.2, 0.25) is 0 Å². The first kappa shape index (κ1) is 7.97. The molecule has 0 aliphatic heterocycles. The number of hydrazine groups is 1. The first-order chi connectivity index (χ1) is 4.83. The van der Waals surface area contributed by atoms with E-state index in [1.807, 2.05) is 0 Å². The molecule has 0 unspecified atom stereocenters. The molecule has 54 valence electrons. The summed E-state index contributed by atoms with van der Waals surface area (Å²) in [5, 5.41) is 0. The van der Waals surface area contributed by atoms with E-state index in [0.717, 1.165) is 6.54 Å². The number of nitrogens with one attached hydrogen (secondary N) is 1. The second kappa shape index (κ2) is 3.90. The van der Waals surface area contributed by atoms with E-state index < -0.39 is 0 Å². The topological polar surface area (TPSA) is 38.0 Å². The number of hydrogen-bond donors (Lipinski definition) is 2. The first-order valence-electron chi connectivity index (χ1n) is 3.01. The lowest BCUT2D eigenvalue weighted by Crippen LogP contribution is -2.20. The quantitative estimate of drug-likeness (QED) is 0.469. The summed E-state index contributed by atoms with van der Waals surface area (Å²) < 4.78 is 1.25. The van der Waals surface area contributed by atoms with Crippen LogP contribution in [0.15, 0.2) is 24.3 Å². The van der Waals surface area contributed by atoms with Crippen molar-refractivity contribution in [3.8, 4) is 0 Å². The molecular weight excluding hydrogens is 239 g/mol. The molecule has 0 aromatic heterocycles. The lowest BCUT2D eigenvalue weighted by Gasteiger charge is -1.97. The fourth-order valence-electron chi connectivity index (χ4n) is 0.720. The highest BCUT2D eigenvalue weighted by Gasteiger charge is 1.88. The highest BCUT2D eigenvalue weighted by Crippen LogP contribution is 2.05. The van der Waals surface area contributed by atoms with Gasteiger partial charge in [0.25, 0.3) is 0 Å². The summed E-state index contributed by atoms with van der Waals surface area (Å²) in [4.78, 5) is 0. The Hall–Kier alpha value is -0.130. The third kappa shape index (κ3) is 2.24. The van der Waals surface area contributed by atoms with Gasteiger partial charge in [0, 0.05) is 10.1 Å². The first-order valence-corrected chi connectivity index (χ1v) is 4.08. The van der Waals surface area contributed by atoms with Gasteiger partial charge in [-0.05, 0) is 40.3 Å². The fraction of sp³-hybridized carbons (Fsp3) is 0.143. The molecule has 1 aromatic rings. The molecule has 0 radical (unpaired) electrons. The summed E-state index contributed by atoms with van der Waals surface area (Å²) in [6.45, 7) is 0.733. The molecule has 1 aromatic carbocycles. The van der Waals surface area contributed by atoms with Crippen LogP contribution in [-0.2, 0) is 6.54 Å². The molecule has 10 heavy (non-hydrogen) atoms. The summed E-state index contributed by atoms with van der Waals surface area (Å²) in [5.41, 5.74) is 3.81. The van der Waals surface area contributed by atoms with Gasteiger partial charge >= 0.3 is 0 Å². The van der Waals surface area contributed by atoms with Crippen LogP contribution in [-0.4, -0.2) is 0 Å². The Morgan fingerprint density at radius 1 is 1.30 bits per heavy atom. The zero-order valence-corrected chi connectivity index (χ0v) is 7.63. The van der Waals surface area contributed by atoms with Crippen LogP contribution in [0.25, 0.3) is 0 Å². The summed E-state index contributed by atoms with van der Waals surface area (Å²) in [7, 11) is 0. The molecule has 0 saturated heterocycles. The molecule has 2 nitrogen and oxygen atoms in total. The van der Waals surface area contributed by atoms with Gasteiger partial charge in [0.05, 0.1) is 0 Å². The molecule has 0 bridgehead atoms. The minimum Gasteiger partial charge on any atom is -0.271 e. The van der Waals surface area contributed by atoms with Gasteiger partial charge in [0.1, 0.15) is 0 Å². The Bertz CT molecular complexity index is 195. The molecule has 0 aliphatic carbocycles. The average Bonchev–Trinajstić information content (AvgIpc) is 1.95. The Morgan fingerprint density at radius 2 is 1.90 bits per heavy atom. The molecule has 0 aliphatic rings. The van der Waals surface area contributed by atoms with Gasteiger partial charge in [-0.25, -0.2) is 0 Å². The third-order valence-electron chi connectivity index (χ3n) is 1.22. The number of benzene rings is 1. The molecule has 0 saturated carbocycles. The van der Waals surface area contributed by atoms with Gasteiger partial charge in [-0.15, -0.1) is 0 Å². The minimum atomic E-state index is 0.733. The fourth-order valence-corrected chi connectivity index (χ4v) is 1.08. The standard InChI is InChI=1S/C7H9IN2/c8-7-3-1-6(2-4-7)5-10-9/h1-4,10H,5,9H2. The highest BCUT2D eigenvalue weighted by molar-refractivity contribution is 14.1. The monoisotopic (exact) mass is 248 g/mol. The van der Waals surface area contributed by atoms with Gasteiger partial charge < -0.3 is 0 Å². The molecule has 0 amide bonds. The largest absolute Gasteiger partial charge is 0.271 e. The zero-order chi connectivity index (χ0) is 7.40. The van der Waals surface area contributed by atoms with E-state index in [0.29, 0.717) is 0 Å². The minimum absolute atomic E-state index is 0.733. The maximum atomic E-state index is 5.15. The van der Waals surface area contributed by atoms with Crippen molar-refractivity contribution in [3.05, 3.63) is 33.4 Å². The summed E-state index contributed by atoms with van der Waals surface area (Å²) in [5.74, 6) is 5.15. The molecular formula is C7H9IN2. The Labute approximate surface area is 73.9 Å². The number of nitrogens with two attached hydrogens (primary N) is 1. The Kier molecular flexibility index (Phi) is 3.11. The van der Waals surface area contributed by atoms with Crippen molar-refractivity contribution in [1.82, 2.24) is 5.43 Å². The van der Waals surface area contributed by atoms with E-state index in [1.54, 1.807) is 0 Å². The van der Waals surface area contributed by atoms with E-state index in [4.69, 9.17) is 5.84 Å². The maximum absolute atomic E-state index is 5.15. The summed E-state index contributed by atoms with van der Waals surface area (Å²) in [6.07, 6.45) is 0. The van der Waals surface area contributed by atoms with Crippen LogP contribution in [0.4, 0.5) is 0 Å². The number of hydrogen-bond acceptors (Lipinski definition) is 2. The summed E-state index contributed by atoms with van der Waals surface area (Å²) >= 11 is 2.27. The van der Waals surface area contributed by atoms with Crippen LogP contribution >= 0.6 is 22.6 Å². The highest BCUT2D eigenvalue weighted by atomic mass is 127. The molecule has 0 atom stereocenters. The van der Waals surface area contributed by atoms with Gasteiger partial charge in [0.15, 0.2) is 0 Å². The van der Waals surface area contributed by atoms with Crippen molar-refractivity contribution >= 4 is 22.6 Å². The Morgan fingerprint density at radius 3 is 2.40 bits per heavy atom. The molecule has 0 heterocycles. The van der Waals surface area contributed by atoms with Crippen molar-refractivity contribution in [3.63, 3.8) is 0 Å². The van der Waals surface area contributed by atoms with Gasteiger partial charge in [-0.2, -0.15) is 0 Å². The van der Waals surface area contributed by atoms with E-state index >= 15 is 0 Å². The molecule has 1 rings (SSSR count). The third-order valence-corrected chi connectivity index (χ3v) is 1.94. The SMILES string of the molecule is NNCc1ccc(I)cc1. The van der Waals surface area contributed by atoms with Gasteiger partial charge in [0.2, 0.25) is 0 Å². The second-order valence-electron chi connectivity index (χ2n) is 2.01. The van der Waals surface area contributed by atoms with Crippen molar-refractivity contribution in [1.29, 1.82) is 0 Å². The van der Waals surface area contributed by atoms with Crippen LogP contribution < -0.4 is 11.3 Å². The van der Waals surface area contributed by atoms with E-state index in [-0.39, 0.29) is 0 Å². The van der Waals surface area contributed by atoms with Crippen molar-refractivity contribution in [2.24, 2.45) is 5.84 Å². The van der Waals surface area contributed by atoms with Crippen LogP contribution in [0.5, 0.6) is 0 Å². The summed E-state index contributed by atoms with van der Waals surface area (Å²) in [6, 6.07) is 8.24. The lowest BCUT2D eigenvalue weighted by molar-refractivity contribution is 0.741. The van der Waals surface area contributed by atoms with Crippen LogP contribution in [0.1, 0.15) is 5.56 Å². The normalized spacial score (nSPS) is 9.80. The van der Waals surface area contributed by atoms with Crippen LogP contribution in [0.3, 0.4) is 0 Å². The van der Waals surface area contributed by atoms with Gasteiger partial charge in [-0.1, -0.05) is 12.1 Å². The number of rotatable bonds is 2. The van der Waals surface area contributed by atoms with E-state index in [2.05, 4.69) is 52.3 Å². The lowest BCUT2D eigenvalue weighted by atomic mass is 10.2. The predicted octanol–water partition coefficient (Wildman–Crippen LogP) is 1.25. The maximum Gasteiger partial charge on any atom is 0.0348 e. The molecule has 0 fully saturated rings. The second-order valence-corrected chi connectivity index (χ2v) is 3.25. The van der Waals surface area contributed by atoms with Crippen molar-refractivity contribution in [2.75, 3.05) is 0 Å². The predicted molar refractivity (Wildman–Crippen MR) is 50.2 cm³/mol. The molecule has 0 spiro atoms. The van der Waals surface area contributed by atoms with Crippen molar-refractivity contribution < 1.29 is 0 Å². The Balaban J connectivity index is 2.69. The van der Waals surface area contributed by atoms with E-state index in [1.165, 1.54) is 9.13 Å². The average molecular weight is 248 g/mol. The van der Waals surface area contributed by atoms with Gasteiger partial charge in [-0.3, -0.25) is 11.3 Å². The van der Waals surface area contributed by atoms with Crippen molar-refractivity contribution in [2.45, 2.75) is 6.54 Å². The molecule has 3 heteroatoms.